The number of ether oxygens (including phenoxy) is 1. The summed E-state index contributed by atoms with van der Waals surface area (Å²) in [6, 6.07) is 7.78. The molecule has 1 saturated heterocycles. The Kier molecular flexibility index (Phi) is 5.10. The monoisotopic (exact) mass is 328 g/mol. The van der Waals surface area contributed by atoms with Gasteiger partial charge >= 0.3 is 0 Å². The fourth-order valence-electron chi connectivity index (χ4n) is 2.58. The van der Waals surface area contributed by atoms with Crippen molar-refractivity contribution in [3.05, 3.63) is 30.5 Å². The van der Waals surface area contributed by atoms with Crippen LogP contribution in [0.5, 0.6) is 5.75 Å². The molecule has 24 heavy (non-hydrogen) atoms. The predicted molar refractivity (Wildman–Crippen MR) is 95.0 cm³/mol. The van der Waals surface area contributed by atoms with E-state index in [0.717, 1.165) is 43.4 Å². The predicted octanol–water partition coefficient (Wildman–Crippen LogP) is 2.15. The topological polar surface area (TPSA) is 66.4 Å². The molecule has 0 unspecified atom stereocenters. The molecule has 1 aliphatic rings. The Morgan fingerprint density at radius 3 is 2.62 bits per heavy atom. The third-order valence-electron chi connectivity index (χ3n) is 3.87. The third kappa shape index (κ3) is 4.11. The van der Waals surface area contributed by atoms with Crippen molar-refractivity contribution in [3.63, 3.8) is 0 Å². The number of piperazine rings is 1. The second-order valence-electron chi connectivity index (χ2n) is 6.22. The first-order chi connectivity index (χ1) is 11.6. The maximum Gasteiger partial charge on any atom is 0.249 e. The van der Waals surface area contributed by atoms with Crippen LogP contribution < -0.4 is 15.0 Å². The van der Waals surface area contributed by atoms with Crippen molar-refractivity contribution in [2.75, 3.05) is 43.4 Å². The maximum absolute atomic E-state index is 5.82. The van der Waals surface area contributed by atoms with E-state index in [2.05, 4.69) is 37.3 Å². The number of rotatable bonds is 5. The average Bonchev–Trinajstić information content (AvgIpc) is 2.57. The number of hydrogen-bond donors (Lipinski definition) is 1. The van der Waals surface area contributed by atoms with Gasteiger partial charge in [0.05, 0.1) is 18.0 Å². The van der Waals surface area contributed by atoms with Gasteiger partial charge < -0.3 is 19.9 Å². The number of aromatic nitrogens is 3. The first kappa shape index (κ1) is 16.4. The molecule has 0 aliphatic carbocycles. The van der Waals surface area contributed by atoms with E-state index in [-0.39, 0.29) is 6.10 Å². The number of nitrogens with one attached hydrogen (secondary N) is 1. The second-order valence-corrected chi connectivity index (χ2v) is 6.22. The first-order valence-electron chi connectivity index (χ1n) is 8.28. The number of anilines is 3. The molecule has 0 bridgehead atoms. The molecule has 2 aromatic rings. The van der Waals surface area contributed by atoms with E-state index in [4.69, 9.17) is 4.74 Å². The quantitative estimate of drug-likeness (QED) is 0.902. The van der Waals surface area contributed by atoms with E-state index in [1.165, 1.54) is 0 Å². The average molecular weight is 328 g/mol. The Labute approximate surface area is 142 Å². The van der Waals surface area contributed by atoms with Crippen LogP contribution in [0.3, 0.4) is 0 Å². The van der Waals surface area contributed by atoms with Gasteiger partial charge in [0.2, 0.25) is 5.95 Å². The summed E-state index contributed by atoms with van der Waals surface area (Å²) in [7, 11) is 2.13. The minimum atomic E-state index is 0.101. The fourth-order valence-corrected chi connectivity index (χ4v) is 2.58. The first-order valence-corrected chi connectivity index (χ1v) is 8.28. The second kappa shape index (κ2) is 7.44. The van der Waals surface area contributed by atoms with E-state index in [0.29, 0.717) is 5.95 Å². The SMILES string of the molecule is CC(C)Oc1ccccc1Nc1nncc(N2CCN(C)CC2)n1. The molecule has 0 amide bonds. The Balaban J connectivity index is 1.75. The molecule has 3 rings (SSSR count). The highest BCUT2D eigenvalue weighted by Crippen LogP contribution is 2.27. The maximum atomic E-state index is 5.82. The largest absolute Gasteiger partial charge is 0.489 e. The number of hydrogen-bond acceptors (Lipinski definition) is 7. The molecule has 0 radical (unpaired) electrons. The van der Waals surface area contributed by atoms with Gasteiger partial charge in [-0.15, -0.1) is 5.10 Å². The molecule has 0 spiro atoms. The summed E-state index contributed by atoms with van der Waals surface area (Å²) >= 11 is 0. The molecule has 2 heterocycles. The summed E-state index contributed by atoms with van der Waals surface area (Å²) < 4.78 is 5.82. The van der Waals surface area contributed by atoms with Crippen LogP contribution in [0.4, 0.5) is 17.5 Å². The molecule has 1 aliphatic heterocycles. The number of likely N-dealkylation sites (N-methyl/N-ethyl adjacent to an activating group) is 1. The van der Waals surface area contributed by atoms with Crippen molar-refractivity contribution < 1.29 is 4.74 Å². The smallest absolute Gasteiger partial charge is 0.249 e. The van der Waals surface area contributed by atoms with Gasteiger partial charge in [0.1, 0.15) is 5.75 Å². The number of benzene rings is 1. The summed E-state index contributed by atoms with van der Waals surface area (Å²) in [5.74, 6) is 2.11. The van der Waals surface area contributed by atoms with Gasteiger partial charge in [-0.1, -0.05) is 12.1 Å². The van der Waals surface area contributed by atoms with Crippen molar-refractivity contribution in [1.82, 2.24) is 20.1 Å². The van der Waals surface area contributed by atoms with E-state index < -0.39 is 0 Å². The molecule has 1 aromatic carbocycles. The van der Waals surface area contributed by atoms with Crippen LogP contribution in [-0.4, -0.2) is 59.4 Å². The molecule has 128 valence electrons. The van der Waals surface area contributed by atoms with Crippen LogP contribution in [0.25, 0.3) is 0 Å². The number of para-hydroxylation sites is 2. The minimum Gasteiger partial charge on any atom is -0.489 e. The molecular formula is C17H24N6O. The van der Waals surface area contributed by atoms with Crippen LogP contribution in [0.15, 0.2) is 30.5 Å². The van der Waals surface area contributed by atoms with Crippen molar-refractivity contribution in [3.8, 4) is 5.75 Å². The van der Waals surface area contributed by atoms with E-state index in [9.17, 15) is 0 Å². The molecule has 7 nitrogen and oxygen atoms in total. The van der Waals surface area contributed by atoms with Crippen LogP contribution in [0.1, 0.15) is 13.8 Å². The van der Waals surface area contributed by atoms with Gasteiger partial charge in [-0.2, -0.15) is 10.1 Å². The van der Waals surface area contributed by atoms with Crippen LogP contribution in [0, 0.1) is 0 Å². The molecule has 1 N–H and O–H groups in total. The Hall–Kier alpha value is -2.41. The summed E-state index contributed by atoms with van der Waals surface area (Å²) in [5, 5.41) is 11.4. The molecule has 1 aromatic heterocycles. The highest BCUT2D eigenvalue weighted by Gasteiger charge is 2.16. The van der Waals surface area contributed by atoms with Crippen LogP contribution >= 0.6 is 0 Å². The van der Waals surface area contributed by atoms with Crippen molar-refractivity contribution >= 4 is 17.5 Å². The summed E-state index contributed by atoms with van der Waals surface area (Å²) in [5.41, 5.74) is 0.837. The van der Waals surface area contributed by atoms with E-state index >= 15 is 0 Å². The summed E-state index contributed by atoms with van der Waals surface area (Å²) in [6.45, 7) is 7.95. The zero-order valence-corrected chi connectivity index (χ0v) is 14.4. The Bertz CT molecular complexity index is 670. The minimum absolute atomic E-state index is 0.101. The van der Waals surface area contributed by atoms with Gasteiger partial charge in [-0.05, 0) is 33.0 Å². The summed E-state index contributed by atoms with van der Waals surface area (Å²) in [6.07, 6.45) is 1.82. The molecule has 0 atom stereocenters. The normalized spacial score (nSPS) is 15.6. The lowest BCUT2D eigenvalue weighted by atomic mass is 10.3. The van der Waals surface area contributed by atoms with Crippen molar-refractivity contribution in [2.45, 2.75) is 20.0 Å². The Morgan fingerprint density at radius 1 is 1.12 bits per heavy atom. The highest BCUT2D eigenvalue weighted by atomic mass is 16.5. The van der Waals surface area contributed by atoms with E-state index in [1.54, 1.807) is 6.20 Å². The molecule has 0 saturated carbocycles. The van der Waals surface area contributed by atoms with Gasteiger partial charge in [0, 0.05) is 26.2 Å². The Morgan fingerprint density at radius 2 is 1.88 bits per heavy atom. The third-order valence-corrected chi connectivity index (χ3v) is 3.87. The number of nitrogens with zero attached hydrogens (tertiary/aromatic N) is 5. The van der Waals surface area contributed by atoms with Crippen LogP contribution in [0.2, 0.25) is 0 Å². The lowest BCUT2D eigenvalue weighted by Crippen LogP contribution is -2.44. The van der Waals surface area contributed by atoms with Gasteiger partial charge in [0.25, 0.3) is 0 Å². The van der Waals surface area contributed by atoms with Crippen molar-refractivity contribution in [2.24, 2.45) is 0 Å². The lowest BCUT2D eigenvalue weighted by molar-refractivity contribution is 0.244. The highest BCUT2D eigenvalue weighted by molar-refractivity contribution is 5.62. The van der Waals surface area contributed by atoms with Crippen molar-refractivity contribution in [1.29, 1.82) is 0 Å². The van der Waals surface area contributed by atoms with Gasteiger partial charge in [-0.25, -0.2) is 0 Å². The lowest BCUT2D eigenvalue weighted by Gasteiger charge is -2.32. The fraction of sp³-hybridized carbons (Fsp3) is 0.471. The summed E-state index contributed by atoms with van der Waals surface area (Å²) in [4.78, 5) is 9.15. The zero-order valence-electron chi connectivity index (χ0n) is 14.4. The standard InChI is InChI=1S/C17H24N6O/c1-13(2)24-15-7-5-4-6-14(15)19-17-20-16(12-18-21-17)23-10-8-22(3)9-11-23/h4-7,12-13H,8-11H2,1-3H3,(H,19,20,21). The molecule has 1 fully saturated rings. The van der Waals surface area contributed by atoms with E-state index in [1.807, 2.05) is 38.1 Å². The van der Waals surface area contributed by atoms with Gasteiger partial charge in [-0.3, -0.25) is 0 Å². The molecule has 7 heteroatoms. The zero-order chi connectivity index (χ0) is 16.9. The molecular weight excluding hydrogens is 304 g/mol. The van der Waals surface area contributed by atoms with Gasteiger partial charge in [0.15, 0.2) is 5.82 Å². The van der Waals surface area contributed by atoms with Crippen LogP contribution in [-0.2, 0) is 0 Å².